The van der Waals surface area contributed by atoms with Crippen LogP contribution in [0.25, 0.3) is 10.9 Å². The van der Waals surface area contributed by atoms with Crippen LogP contribution < -0.4 is 10.1 Å². The van der Waals surface area contributed by atoms with Crippen LogP contribution in [0.5, 0.6) is 5.75 Å². The minimum atomic E-state index is -0.0825. The molecule has 0 unspecified atom stereocenters. The molecule has 23 heavy (non-hydrogen) atoms. The van der Waals surface area contributed by atoms with E-state index in [0.717, 1.165) is 49.5 Å². The van der Waals surface area contributed by atoms with Crippen molar-refractivity contribution in [3.8, 4) is 5.75 Å². The molecule has 1 amide bonds. The molecule has 0 bridgehead atoms. The monoisotopic (exact) mass is 317 g/mol. The molecule has 2 heterocycles. The van der Waals surface area contributed by atoms with Crippen LogP contribution in [0.3, 0.4) is 0 Å². The minimum Gasteiger partial charge on any atom is -0.497 e. The molecule has 0 aliphatic carbocycles. The topological polar surface area (TPSA) is 66.6 Å². The van der Waals surface area contributed by atoms with Crippen LogP contribution in [0, 0.1) is 0 Å². The molecule has 0 radical (unpaired) electrons. The third-order valence-electron chi connectivity index (χ3n) is 4.09. The van der Waals surface area contributed by atoms with Gasteiger partial charge in [0.1, 0.15) is 11.4 Å². The van der Waals surface area contributed by atoms with Crippen LogP contribution in [-0.4, -0.2) is 61.8 Å². The van der Waals surface area contributed by atoms with E-state index >= 15 is 0 Å². The van der Waals surface area contributed by atoms with Gasteiger partial charge in [0.25, 0.3) is 5.91 Å². The number of methoxy groups -OCH3 is 1. The number of nitrogens with zero attached hydrogens (tertiary/aromatic N) is 1. The number of H-pyrrole nitrogens is 1. The second-order valence-electron chi connectivity index (χ2n) is 5.92. The van der Waals surface area contributed by atoms with E-state index in [2.05, 4.69) is 15.2 Å². The summed E-state index contributed by atoms with van der Waals surface area (Å²) in [6.45, 7) is 6.25. The molecule has 1 saturated heterocycles. The summed E-state index contributed by atoms with van der Waals surface area (Å²) in [5, 5.41) is 4.05. The second kappa shape index (κ2) is 7.02. The second-order valence-corrected chi connectivity index (χ2v) is 5.92. The molecule has 2 N–H and O–H groups in total. The van der Waals surface area contributed by atoms with Gasteiger partial charge in [-0.2, -0.15) is 0 Å². The summed E-state index contributed by atoms with van der Waals surface area (Å²) < 4.78 is 10.5. The fraction of sp³-hybridized carbons (Fsp3) is 0.471. The van der Waals surface area contributed by atoms with Crippen LogP contribution in [0.2, 0.25) is 0 Å². The van der Waals surface area contributed by atoms with Gasteiger partial charge in [-0.15, -0.1) is 0 Å². The SMILES string of the molecule is COc1ccc2cc(C(=O)N[C@@H](C)CN3CCOCC3)[nH]c2c1. The van der Waals surface area contributed by atoms with Gasteiger partial charge in [-0.05, 0) is 25.1 Å². The molecule has 2 aromatic rings. The van der Waals surface area contributed by atoms with E-state index in [1.54, 1.807) is 7.11 Å². The number of hydrogen-bond acceptors (Lipinski definition) is 4. The molecule has 0 spiro atoms. The van der Waals surface area contributed by atoms with Gasteiger partial charge >= 0.3 is 0 Å². The molecule has 1 fully saturated rings. The van der Waals surface area contributed by atoms with Crippen molar-refractivity contribution in [2.75, 3.05) is 40.0 Å². The van der Waals surface area contributed by atoms with Crippen LogP contribution in [-0.2, 0) is 4.74 Å². The lowest BCUT2D eigenvalue weighted by molar-refractivity contribution is 0.0342. The van der Waals surface area contributed by atoms with Crippen LogP contribution in [0.1, 0.15) is 17.4 Å². The van der Waals surface area contributed by atoms with Gasteiger partial charge in [0.15, 0.2) is 0 Å². The Morgan fingerprint density at radius 1 is 1.39 bits per heavy atom. The van der Waals surface area contributed by atoms with Gasteiger partial charge in [-0.25, -0.2) is 0 Å². The number of aromatic nitrogens is 1. The average molecular weight is 317 g/mol. The Morgan fingerprint density at radius 3 is 2.91 bits per heavy atom. The van der Waals surface area contributed by atoms with E-state index in [1.165, 1.54) is 0 Å². The Bertz CT molecular complexity index is 677. The normalized spacial score (nSPS) is 17.1. The fourth-order valence-corrected chi connectivity index (χ4v) is 2.87. The molecule has 6 heteroatoms. The van der Waals surface area contributed by atoms with Crippen molar-refractivity contribution in [3.05, 3.63) is 30.0 Å². The number of amides is 1. The summed E-state index contributed by atoms with van der Waals surface area (Å²) in [6, 6.07) is 7.67. The van der Waals surface area contributed by atoms with E-state index in [0.29, 0.717) is 5.69 Å². The molecule has 6 nitrogen and oxygen atoms in total. The zero-order valence-corrected chi connectivity index (χ0v) is 13.6. The standard InChI is InChI=1S/C17H23N3O3/c1-12(11-20-5-7-23-8-6-20)18-17(21)16-9-13-3-4-14(22-2)10-15(13)19-16/h3-4,9-10,12,19H,5-8,11H2,1-2H3,(H,18,21)/t12-/m0/s1. The van der Waals surface area contributed by atoms with Gasteiger partial charge < -0.3 is 19.8 Å². The van der Waals surface area contributed by atoms with Gasteiger partial charge in [-0.1, -0.05) is 0 Å². The van der Waals surface area contributed by atoms with Crippen molar-refractivity contribution in [2.45, 2.75) is 13.0 Å². The Morgan fingerprint density at radius 2 is 2.17 bits per heavy atom. The predicted molar refractivity (Wildman–Crippen MR) is 89.0 cm³/mol. The Labute approximate surface area is 135 Å². The van der Waals surface area contributed by atoms with Gasteiger partial charge in [0, 0.05) is 42.6 Å². The first-order chi connectivity index (χ1) is 11.2. The Kier molecular flexibility index (Phi) is 4.83. The summed E-state index contributed by atoms with van der Waals surface area (Å²) in [5.41, 5.74) is 1.47. The third-order valence-corrected chi connectivity index (χ3v) is 4.09. The highest BCUT2D eigenvalue weighted by Gasteiger charge is 2.17. The van der Waals surface area contributed by atoms with Crippen molar-refractivity contribution in [1.82, 2.24) is 15.2 Å². The number of morpholine rings is 1. The molecule has 1 aromatic heterocycles. The molecule has 1 aliphatic rings. The number of hydrogen-bond donors (Lipinski definition) is 2. The van der Waals surface area contributed by atoms with Crippen molar-refractivity contribution >= 4 is 16.8 Å². The number of ether oxygens (including phenoxy) is 2. The lowest BCUT2D eigenvalue weighted by atomic mass is 10.2. The van der Waals surface area contributed by atoms with E-state index < -0.39 is 0 Å². The van der Waals surface area contributed by atoms with Crippen molar-refractivity contribution < 1.29 is 14.3 Å². The lowest BCUT2D eigenvalue weighted by Crippen LogP contribution is -2.46. The van der Waals surface area contributed by atoms with E-state index in [9.17, 15) is 4.79 Å². The number of carbonyl (C=O) groups is 1. The molecular formula is C17H23N3O3. The summed E-state index contributed by atoms with van der Waals surface area (Å²) in [4.78, 5) is 17.9. The average Bonchev–Trinajstić information content (AvgIpc) is 2.98. The quantitative estimate of drug-likeness (QED) is 0.879. The van der Waals surface area contributed by atoms with Crippen molar-refractivity contribution in [2.24, 2.45) is 0 Å². The van der Waals surface area contributed by atoms with E-state index in [4.69, 9.17) is 9.47 Å². The minimum absolute atomic E-state index is 0.0825. The molecule has 1 atom stereocenters. The van der Waals surface area contributed by atoms with Gasteiger partial charge in [0.05, 0.1) is 20.3 Å². The number of rotatable bonds is 5. The molecule has 3 rings (SSSR count). The predicted octanol–water partition coefficient (Wildman–Crippen LogP) is 1.63. The maximum atomic E-state index is 12.4. The molecule has 124 valence electrons. The van der Waals surface area contributed by atoms with E-state index in [1.807, 2.05) is 31.2 Å². The molecule has 1 aliphatic heterocycles. The maximum absolute atomic E-state index is 12.4. The third kappa shape index (κ3) is 3.83. The highest BCUT2D eigenvalue weighted by atomic mass is 16.5. The summed E-state index contributed by atoms with van der Waals surface area (Å²) in [6.07, 6.45) is 0. The van der Waals surface area contributed by atoms with Gasteiger partial charge in [-0.3, -0.25) is 9.69 Å². The number of fused-ring (bicyclic) bond motifs is 1. The highest BCUT2D eigenvalue weighted by molar-refractivity contribution is 5.98. The zero-order chi connectivity index (χ0) is 16.2. The first-order valence-electron chi connectivity index (χ1n) is 7.93. The summed E-state index contributed by atoms with van der Waals surface area (Å²) in [5.74, 6) is 0.688. The molecular weight excluding hydrogens is 294 g/mol. The highest BCUT2D eigenvalue weighted by Crippen LogP contribution is 2.21. The van der Waals surface area contributed by atoms with E-state index in [-0.39, 0.29) is 11.9 Å². The zero-order valence-electron chi connectivity index (χ0n) is 13.6. The number of carbonyl (C=O) groups excluding carboxylic acids is 1. The van der Waals surface area contributed by atoms with Crippen LogP contribution in [0.4, 0.5) is 0 Å². The molecule has 0 saturated carbocycles. The summed E-state index contributed by atoms with van der Waals surface area (Å²) in [7, 11) is 1.63. The number of nitrogens with one attached hydrogen (secondary N) is 2. The van der Waals surface area contributed by atoms with Gasteiger partial charge in [0.2, 0.25) is 0 Å². The Hall–Kier alpha value is -2.05. The largest absolute Gasteiger partial charge is 0.497 e. The Balaban J connectivity index is 1.62. The molecule has 1 aromatic carbocycles. The van der Waals surface area contributed by atoms with Crippen LogP contribution in [0.15, 0.2) is 24.3 Å². The van der Waals surface area contributed by atoms with Crippen LogP contribution >= 0.6 is 0 Å². The first kappa shape index (κ1) is 15.8. The number of aromatic amines is 1. The van der Waals surface area contributed by atoms with Crippen molar-refractivity contribution in [1.29, 1.82) is 0 Å². The lowest BCUT2D eigenvalue weighted by Gasteiger charge is -2.29. The smallest absolute Gasteiger partial charge is 0.267 e. The van der Waals surface area contributed by atoms with Crippen molar-refractivity contribution in [3.63, 3.8) is 0 Å². The maximum Gasteiger partial charge on any atom is 0.267 e. The fourth-order valence-electron chi connectivity index (χ4n) is 2.87. The first-order valence-corrected chi connectivity index (χ1v) is 7.93. The number of benzene rings is 1. The summed E-state index contributed by atoms with van der Waals surface area (Å²) >= 11 is 0.